The highest BCUT2D eigenvalue weighted by Gasteiger charge is 2.19. The molecular formula is C19H33N5O2. The van der Waals surface area contributed by atoms with Gasteiger partial charge in [0.2, 0.25) is 0 Å². The predicted octanol–water partition coefficient (Wildman–Crippen LogP) is 2.83. The first-order valence-corrected chi connectivity index (χ1v) is 9.25. The lowest BCUT2D eigenvalue weighted by Gasteiger charge is -2.24. The maximum Gasteiger partial charge on any atom is 0.407 e. The summed E-state index contributed by atoms with van der Waals surface area (Å²) in [6, 6.07) is 5.74. The van der Waals surface area contributed by atoms with Crippen molar-refractivity contribution >= 4 is 12.1 Å². The second-order valence-electron chi connectivity index (χ2n) is 7.03. The minimum absolute atomic E-state index is 0.0337. The van der Waals surface area contributed by atoms with E-state index < -0.39 is 11.7 Å². The molecule has 0 aromatic carbocycles. The summed E-state index contributed by atoms with van der Waals surface area (Å²) in [6.45, 7) is 11.5. The summed E-state index contributed by atoms with van der Waals surface area (Å²) in [6.07, 6.45) is 3.18. The molecular weight excluding hydrogens is 330 g/mol. The summed E-state index contributed by atoms with van der Waals surface area (Å²) in [5, 5.41) is 9.42. The summed E-state index contributed by atoms with van der Waals surface area (Å²) >= 11 is 0. The van der Waals surface area contributed by atoms with Gasteiger partial charge in [0.05, 0.1) is 12.2 Å². The molecule has 1 aromatic heterocycles. The van der Waals surface area contributed by atoms with Gasteiger partial charge in [-0.2, -0.15) is 0 Å². The van der Waals surface area contributed by atoms with Gasteiger partial charge in [-0.05, 0) is 46.2 Å². The topological polar surface area (TPSA) is 87.6 Å². The Kier molecular flexibility index (Phi) is 9.47. The Hall–Kier alpha value is -2.31. The average Bonchev–Trinajstić information content (AvgIpc) is 2.56. The Labute approximate surface area is 157 Å². The number of ether oxygens (including phenoxy) is 1. The number of pyridine rings is 1. The minimum Gasteiger partial charge on any atom is -0.444 e. The molecule has 0 spiro atoms. The van der Waals surface area contributed by atoms with Crippen molar-refractivity contribution in [1.29, 1.82) is 0 Å². The van der Waals surface area contributed by atoms with E-state index in [-0.39, 0.29) is 6.04 Å². The maximum absolute atomic E-state index is 12.0. The van der Waals surface area contributed by atoms with Crippen molar-refractivity contribution in [2.24, 2.45) is 4.99 Å². The molecule has 0 fully saturated rings. The Morgan fingerprint density at radius 3 is 2.62 bits per heavy atom. The second kappa shape index (κ2) is 11.3. The van der Waals surface area contributed by atoms with Crippen molar-refractivity contribution in [3.63, 3.8) is 0 Å². The number of carbonyl (C=O) groups excluding carboxylic acids is 1. The van der Waals surface area contributed by atoms with E-state index in [1.165, 1.54) is 0 Å². The van der Waals surface area contributed by atoms with Crippen molar-refractivity contribution in [2.75, 3.05) is 13.1 Å². The number of hydrogen-bond donors (Lipinski definition) is 3. The van der Waals surface area contributed by atoms with Crippen LogP contribution in [-0.2, 0) is 11.3 Å². The predicted molar refractivity (Wildman–Crippen MR) is 105 cm³/mol. The van der Waals surface area contributed by atoms with Gasteiger partial charge in [0.1, 0.15) is 5.60 Å². The van der Waals surface area contributed by atoms with Crippen LogP contribution in [0.4, 0.5) is 4.79 Å². The molecule has 7 heteroatoms. The monoisotopic (exact) mass is 363 g/mol. The molecule has 1 unspecified atom stereocenters. The molecule has 146 valence electrons. The standard InChI is InChI=1S/C19H33N5O2/c1-6-10-16(24-18(25)26-19(3,4)5)14-23-17(20-7-2)22-13-15-11-8-9-12-21-15/h8-9,11-12,16H,6-7,10,13-14H2,1-5H3,(H,24,25)(H2,20,22,23). The number of rotatable bonds is 8. The van der Waals surface area contributed by atoms with Crippen LogP contribution in [0, 0.1) is 0 Å². The molecule has 1 heterocycles. The maximum atomic E-state index is 12.0. The fraction of sp³-hybridized carbons (Fsp3) is 0.632. The molecule has 0 aliphatic carbocycles. The van der Waals surface area contributed by atoms with Crippen LogP contribution in [0.2, 0.25) is 0 Å². The van der Waals surface area contributed by atoms with Gasteiger partial charge < -0.3 is 20.7 Å². The van der Waals surface area contributed by atoms with Crippen molar-refractivity contribution in [1.82, 2.24) is 20.9 Å². The molecule has 1 atom stereocenters. The number of guanidine groups is 1. The van der Waals surface area contributed by atoms with Crippen molar-refractivity contribution < 1.29 is 9.53 Å². The second-order valence-corrected chi connectivity index (χ2v) is 7.03. The first-order valence-electron chi connectivity index (χ1n) is 9.25. The third-order valence-electron chi connectivity index (χ3n) is 3.34. The van der Waals surface area contributed by atoms with Gasteiger partial charge >= 0.3 is 6.09 Å². The zero-order valence-electron chi connectivity index (χ0n) is 16.6. The number of carbonyl (C=O) groups is 1. The van der Waals surface area contributed by atoms with Crippen LogP contribution in [0.15, 0.2) is 29.4 Å². The SMILES string of the molecule is CCCC(CNC(=NCc1ccccn1)NCC)NC(=O)OC(C)(C)C. The van der Waals surface area contributed by atoms with Gasteiger partial charge in [-0.25, -0.2) is 9.79 Å². The van der Waals surface area contributed by atoms with Gasteiger partial charge in [0.25, 0.3) is 0 Å². The third kappa shape index (κ3) is 9.86. The molecule has 7 nitrogen and oxygen atoms in total. The summed E-state index contributed by atoms with van der Waals surface area (Å²) in [5.74, 6) is 0.699. The lowest BCUT2D eigenvalue weighted by atomic mass is 10.1. The number of aromatic nitrogens is 1. The lowest BCUT2D eigenvalue weighted by molar-refractivity contribution is 0.0502. The highest BCUT2D eigenvalue weighted by Crippen LogP contribution is 2.07. The van der Waals surface area contributed by atoms with Crippen LogP contribution in [0.25, 0.3) is 0 Å². The van der Waals surface area contributed by atoms with Crippen molar-refractivity contribution in [3.05, 3.63) is 30.1 Å². The largest absolute Gasteiger partial charge is 0.444 e. The van der Waals surface area contributed by atoms with E-state index in [0.717, 1.165) is 25.1 Å². The first-order chi connectivity index (χ1) is 12.3. The number of aliphatic imine (C=N–C) groups is 1. The fourth-order valence-electron chi connectivity index (χ4n) is 2.26. The van der Waals surface area contributed by atoms with Crippen molar-refractivity contribution in [3.8, 4) is 0 Å². The summed E-state index contributed by atoms with van der Waals surface area (Å²) in [7, 11) is 0. The lowest BCUT2D eigenvalue weighted by Crippen LogP contribution is -2.48. The Balaban J connectivity index is 2.60. The molecule has 26 heavy (non-hydrogen) atoms. The molecule has 0 saturated heterocycles. The summed E-state index contributed by atoms with van der Waals surface area (Å²) < 4.78 is 5.34. The normalized spacial score (nSPS) is 13.0. The molecule has 1 aromatic rings. The molecule has 3 N–H and O–H groups in total. The number of alkyl carbamates (subject to hydrolysis) is 1. The molecule has 0 aliphatic heterocycles. The highest BCUT2D eigenvalue weighted by molar-refractivity contribution is 5.79. The van der Waals surface area contributed by atoms with Gasteiger partial charge in [0.15, 0.2) is 5.96 Å². The molecule has 1 rings (SSSR count). The third-order valence-corrected chi connectivity index (χ3v) is 3.34. The van der Waals surface area contributed by atoms with Crippen molar-refractivity contribution in [2.45, 2.75) is 65.6 Å². The zero-order valence-corrected chi connectivity index (χ0v) is 16.6. The first kappa shape index (κ1) is 21.7. The fourth-order valence-corrected chi connectivity index (χ4v) is 2.26. The van der Waals surface area contributed by atoms with Crippen LogP contribution in [0.1, 0.15) is 53.2 Å². The molecule has 0 aliphatic rings. The summed E-state index contributed by atoms with van der Waals surface area (Å²) in [5.41, 5.74) is 0.398. The molecule has 0 saturated carbocycles. The van der Waals surface area contributed by atoms with Gasteiger partial charge in [0, 0.05) is 25.3 Å². The molecule has 0 bridgehead atoms. The Morgan fingerprint density at radius 2 is 2.04 bits per heavy atom. The van der Waals surface area contributed by atoms with Crippen LogP contribution >= 0.6 is 0 Å². The van der Waals surface area contributed by atoms with Crippen LogP contribution in [-0.4, -0.2) is 41.8 Å². The quantitative estimate of drug-likeness (QED) is 0.488. The molecule has 0 radical (unpaired) electrons. The Morgan fingerprint density at radius 1 is 1.27 bits per heavy atom. The van der Waals surface area contributed by atoms with Crippen LogP contribution < -0.4 is 16.0 Å². The van der Waals surface area contributed by atoms with E-state index in [1.807, 2.05) is 45.9 Å². The number of nitrogens with zero attached hydrogens (tertiary/aromatic N) is 2. The van der Waals surface area contributed by atoms with Crippen LogP contribution in [0.5, 0.6) is 0 Å². The Bertz CT molecular complexity index is 555. The smallest absolute Gasteiger partial charge is 0.407 e. The molecule has 1 amide bonds. The van der Waals surface area contributed by atoms with E-state index in [4.69, 9.17) is 4.74 Å². The van der Waals surface area contributed by atoms with E-state index >= 15 is 0 Å². The van der Waals surface area contributed by atoms with Gasteiger partial charge in [-0.1, -0.05) is 19.4 Å². The number of amides is 1. The van der Waals surface area contributed by atoms with E-state index in [2.05, 4.69) is 32.9 Å². The van der Waals surface area contributed by atoms with E-state index in [9.17, 15) is 4.79 Å². The van der Waals surface area contributed by atoms with E-state index in [0.29, 0.717) is 19.0 Å². The van der Waals surface area contributed by atoms with E-state index in [1.54, 1.807) is 6.20 Å². The number of nitrogens with one attached hydrogen (secondary N) is 3. The highest BCUT2D eigenvalue weighted by atomic mass is 16.6. The number of hydrogen-bond acceptors (Lipinski definition) is 4. The zero-order chi connectivity index (χ0) is 19.4. The van der Waals surface area contributed by atoms with Gasteiger partial charge in [-0.15, -0.1) is 0 Å². The van der Waals surface area contributed by atoms with Gasteiger partial charge in [-0.3, -0.25) is 4.98 Å². The minimum atomic E-state index is -0.507. The summed E-state index contributed by atoms with van der Waals surface area (Å²) in [4.78, 5) is 20.8. The average molecular weight is 364 g/mol. The van der Waals surface area contributed by atoms with Crippen LogP contribution in [0.3, 0.4) is 0 Å².